The normalized spacial score (nSPS) is 30.4. The Hall–Kier alpha value is 0.170. The average Bonchev–Trinajstić information content (AvgIpc) is 1.87. The molecule has 7 heavy (non-hydrogen) atoms. The van der Waals surface area contributed by atoms with Gasteiger partial charge < -0.3 is 4.74 Å². The zero-order valence-electron chi connectivity index (χ0n) is 3.39. The molecule has 0 aliphatic carbocycles. The summed E-state index contributed by atoms with van der Waals surface area (Å²) in [6.07, 6.45) is -1.16. The van der Waals surface area contributed by atoms with E-state index in [1.165, 1.54) is 11.8 Å². The predicted molar refractivity (Wildman–Crippen MR) is 31.0 cm³/mol. The molecule has 4 heteroatoms. The first-order valence-electron chi connectivity index (χ1n) is 1.76. The number of thioether (sulfide) groups is 1. The van der Waals surface area contributed by atoms with Crippen LogP contribution in [-0.4, -0.2) is 16.5 Å². The summed E-state index contributed by atoms with van der Waals surface area (Å²) >= 11 is 5.74. The Morgan fingerprint density at radius 3 is 2.86 bits per heavy atom. The summed E-state index contributed by atoms with van der Waals surface area (Å²) in [5, 5.41) is 0. The molecule has 0 aromatic heterocycles. The lowest BCUT2D eigenvalue weighted by Crippen LogP contribution is -1.98. The lowest BCUT2D eigenvalue weighted by molar-refractivity contribution is 0.0947. The zero-order chi connectivity index (χ0) is 5.28. The number of alkyl halides is 1. The predicted octanol–water partition coefficient (Wildman–Crippen LogP) is 1.33. The first kappa shape index (κ1) is 5.31. The fourth-order valence-corrected chi connectivity index (χ4v) is 1.12. The third-order valence-electron chi connectivity index (χ3n) is 0.556. The van der Waals surface area contributed by atoms with Crippen LogP contribution in [0.5, 0.6) is 0 Å². The Morgan fingerprint density at radius 2 is 2.71 bits per heavy atom. The minimum Gasteiger partial charge on any atom is -0.443 e. The molecule has 0 aromatic carbocycles. The highest BCUT2D eigenvalue weighted by Crippen LogP contribution is 2.19. The van der Waals surface area contributed by atoms with Crippen molar-refractivity contribution in [2.45, 2.75) is 6.36 Å². The molecule has 0 N–H and O–H groups in total. The Balaban J connectivity index is 2.40. The number of ether oxygens (including phenoxy) is 1. The number of halogens is 1. The third-order valence-corrected chi connectivity index (χ3v) is 1.77. The Kier molecular flexibility index (Phi) is 1.49. The summed E-state index contributed by atoms with van der Waals surface area (Å²) in [4.78, 5) is 0. The van der Waals surface area contributed by atoms with E-state index in [0.717, 1.165) is 0 Å². The molecule has 0 radical (unpaired) electrons. The SMILES string of the molecule is FC1CSC(=S)O1. The fraction of sp³-hybridized carbons (Fsp3) is 0.667. The number of rotatable bonds is 0. The summed E-state index contributed by atoms with van der Waals surface area (Å²) < 4.78 is 16.6. The van der Waals surface area contributed by atoms with Crippen molar-refractivity contribution in [3.63, 3.8) is 0 Å². The second kappa shape index (κ2) is 1.96. The van der Waals surface area contributed by atoms with Gasteiger partial charge in [-0.05, 0) is 12.2 Å². The Morgan fingerprint density at radius 1 is 2.00 bits per heavy atom. The van der Waals surface area contributed by atoms with E-state index < -0.39 is 6.36 Å². The highest BCUT2D eigenvalue weighted by atomic mass is 32.2. The van der Waals surface area contributed by atoms with Crippen LogP contribution in [0.1, 0.15) is 0 Å². The molecule has 0 saturated carbocycles. The molecular formula is C3H3FOS2. The van der Waals surface area contributed by atoms with Crippen LogP contribution in [0.2, 0.25) is 0 Å². The second-order valence-corrected chi connectivity index (χ2v) is 2.71. The lowest BCUT2D eigenvalue weighted by Gasteiger charge is -1.91. The van der Waals surface area contributed by atoms with E-state index in [1.807, 2.05) is 0 Å². The smallest absolute Gasteiger partial charge is 0.249 e. The van der Waals surface area contributed by atoms with E-state index in [4.69, 9.17) is 0 Å². The summed E-state index contributed by atoms with van der Waals surface area (Å²) in [7, 11) is 0. The molecule has 0 aromatic rings. The standard InChI is InChI=1S/C3H3FOS2/c4-2-1-7-3(6)5-2/h2H,1H2. The molecule has 1 fully saturated rings. The third kappa shape index (κ3) is 1.28. The van der Waals surface area contributed by atoms with Gasteiger partial charge in [0.15, 0.2) is 0 Å². The van der Waals surface area contributed by atoms with E-state index in [2.05, 4.69) is 17.0 Å². The molecule has 1 aliphatic heterocycles. The lowest BCUT2D eigenvalue weighted by atomic mass is 10.8. The maximum atomic E-state index is 11.8. The maximum absolute atomic E-state index is 11.8. The van der Waals surface area contributed by atoms with Gasteiger partial charge in [0.2, 0.25) is 10.7 Å². The van der Waals surface area contributed by atoms with Crippen LogP contribution in [0, 0.1) is 0 Å². The van der Waals surface area contributed by atoms with E-state index in [-0.39, 0.29) is 0 Å². The van der Waals surface area contributed by atoms with E-state index >= 15 is 0 Å². The van der Waals surface area contributed by atoms with Gasteiger partial charge in [-0.3, -0.25) is 0 Å². The molecule has 0 bridgehead atoms. The van der Waals surface area contributed by atoms with Gasteiger partial charge in [-0.2, -0.15) is 0 Å². The number of hydrogen-bond donors (Lipinski definition) is 0. The summed E-state index contributed by atoms with van der Waals surface area (Å²) in [5.41, 5.74) is 0. The number of thiocarbonyl (C=S) groups is 1. The summed E-state index contributed by atoms with van der Waals surface area (Å²) in [6, 6.07) is 0. The topological polar surface area (TPSA) is 9.23 Å². The molecule has 40 valence electrons. The second-order valence-electron chi connectivity index (χ2n) is 1.09. The summed E-state index contributed by atoms with van der Waals surface area (Å²) in [6.45, 7) is 0. The van der Waals surface area contributed by atoms with Crippen molar-refractivity contribution in [3.8, 4) is 0 Å². The van der Waals surface area contributed by atoms with Crippen molar-refractivity contribution >= 4 is 28.4 Å². The van der Waals surface area contributed by atoms with Crippen LogP contribution >= 0.6 is 24.0 Å². The van der Waals surface area contributed by atoms with Gasteiger partial charge in [-0.1, -0.05) is 11.8 Å². The van der Waals surface area contributed by atoms with Gasteiger partial charge >= 0.3 is 0 Å². The molecule has 1 saturated heterocycles. The molecule has 1 aliphatic rings. The van der Waals surface area contributed by atoms with Crippen LogP contribution in [0.4, 0.5) is 4.39 Å². The van der Waals surface area contributed by atoms with E-state index in [1.54, 1.807) is 0 Å². The quantitative estimate of drug-likeness (QED) is 0.467. The monoisotopic (exact) mass is 138 g/mol. The first-order chi connectivity index (χ1) is 3.29. The van der Waals surface area contributed by atoms with E-state index in [0.29, 0.717) is 10.1 Å². The Bertz CT molecular complexity index is 94.9. The minimum absolute atomic E-state index is 0.326. The highest BCUT2D eigenvalue weighted by molar-refractivity contribution is 8.22. The first-order valence-corrected chi connectivity index (χ1v) is 3.16. The highest BCUT2D eigenvalue weighted by Gasteiger charge is 2.18. The Labute approximate surface area is 50.2 Å². The van der Waals surface area contributed by atoms with Crippen molar-refractivity contribution in [1.82, 2.24) is 0 Å². The molecule has 0 amide bonds. The molecule has 1 atom stereocenters. The molecule has 1 heterocycles. The zero-order valence-corrected chi connectivity index (χ0v) is 5.02. The van der Waals surface area contributed by atoms with Crippen molar-refractivity contribution in [2.24, 2.45) is 0 Å². The maximum Gasteiger partial charge on any atom is 0.249 e. The molecule has 1 unspecified atom stereocenters. The van der Waals surface area contributed by atoms with Crippen LogP contribution < -0.4 is 0 Å². The molecule has 1 nitrogen and oxygen atoms in total. The van der Waals surface area contributed by atoms with Crippen LogP contribution in [0.25, 0.3) is 0 Å². The summed E-state index contributed by atoms with van der Waals surface area (Å²) in [5.74, 6) is 0.360. The van der Waals surface area contributed by atoms with Gasteiger partial charge in [0.1, 0.15) is 0 Å². The van der Waals surface area contributed by atoms with Gasteiger partial charge in [0, 0.05) is 0 Å². The van der Waals surface area contributed by atoms with Crippen LogP contribution in [-0.2, 0) is 4.74 Å². The van der Waals surface area contributed by atoms with Gasteiger partial charge in [-0.15, -0.1) is 0 Å². The fourth-order valence-electron chi connectivity index (χ4n) is 0.306. The van der Waals surface area contributed by atoms with Crippen LogP contribution in [0.3, 0.4) is 0 Å². The van der Waals surface area contributed by atoms with Crippen molar-refractivity contribution in [3.05, 3.63) is 0 Å². The van der Waals surface area contributed by atoms with Crippen LogP contribution in [0.15, 0.2) is 0 Å². The van der Waals surface area contributed by atoms with Crippen molar-refractivity contribution in [2.75, 3.05) is 5.75 Å². The minimum atomic E-state index is -1.16. The molecule has 1 rings (SSSR count). The van der Waals surface area contributed by atoms with E-state index in [9.17, 15) is 4.39 Å². The molecule has 0 spiro atoms. The largest absolute Gasteiger partial charge is 0.443 e. The average molecular weight is 138 g/mol. The molecular weight excluding hydrogens is 135 g/mol. The van der Waals surface area contributed by atoms with Gasteiger partial charge in [-0.25, -0.2) is 4.39 Å². The van der Waals surface area contributed by atoms with Gasteiger partial charge in [0.05, 0.1) is 5.75 Å². The van der Waals surface area contributed by atoms with Crippen molar-refractivity contribution < 1.29 is 9.13 Å². The number of hydrogen-bond acceptors (Lipinski definition) is 3. The van der Waals surface area contributed by atoms with Crippen molar-refractivity contribution in [1.29, 1.82) is 0 Å². The van der Waals surface area contributed by atoms with Gasteiger partial charge in [0.25, 0.3) is 0 Å².